The van der Waals surface area contributed by atoms with E-state index in [9.17, 15) is 9.59 Å². The van der Waals surface area contributed by atoms with Crippen molar-refractivity contribution in [1.82, 2.24) is 15.1 Å². The maximum Gasteiger partial charge on any atom is 0.411 e. The van der Waals surface area contributed by atoms with Gasteiger partial charge in [0, 0.05) is 11.1 Å². The molecule has 0 unspecified atom stereocenters. The molecule has 0 atom stereocenters. The van der Waals surface area contributed by atoms with Crippen LogP contribution in [-0.4, -0.2) is 44.9 Å². The highest BCUT2D eigenvalue weighted by molar-refractivity contribution is 5.89. The Kier molecular flexibility index (Phi) is 4.41. The standard InChI is InChI=1S/C16H25N3O4/c1-7-22-13(20)12-10-8-16(5,6)19(9-11(10)17-18-12)14(21)23-15(2,3)4/h7-9H2,1-6H3,(H,17,18). The summed E-state index contributed by atoms with van der Waals surface area (Å²) in [7, 11) is 0. The Morgan fingerprint density at radius 1 is 1.35 bits per heavy atom. The molecule has 0 radical (unpaired) electrons. The number of nitrogens with zero attached hydrogens (tertiary/aromatic N) is 2. The smallest absolute Gasteiger partial charge is 0.411 e. The van der Waals surface area contributed by atoms with Crippen LogP contribution in [0.25, 0.3) is 0 Å². The third-order valence-corrected chi connectivity index (χ3v) is 3.69. The van der Waals surface area contributed by atoms with Crippen molar-refractivity contribution in [2.24, 2.45) is 0 Å². The quantitative estimate of drug-likeness (QED) is 0.846. The summed E-state index contributed by atoms with van der Waals surface area (Å²) in [5.41, 5.74) is 0.822. The number of fused-ring (bicyclic) bond motifs is 1. The van der Waals surface area contributed by atoms with Crippen LogP contribution in [0.15, 0.2) is 0 Å². The van der Waals surface area contributed by atoms with Crippen molar-refractivity contribution < 1.29 is 19.1 Å². The Hall–Kier alpha value is -2.05. The molecule has 1 aromatic rings. The fourth-order valence-corrected chi connectivity index (χ4v) is 2.62. The van der Waals surface area contributed by atoms with Crippen LogP contribution in [0.1, 0.15) is 63.3 Å². The van der Waals surface area contributed by atoms with Crippen molar-refractivity contribution in [3.05, 3.63) is 17.0 Å². The van der Waals surface area contributed by atoms with Gasteiger partial charge >= 0.3 is 12.1 Å². The highest BCUT2D eigenvalue weighted by Crippen LogP contribution is 2.32. The molecule has 2 heterocycles. The van der Waals surface area contributed by atoms with E-state index in [1.54, 1.807) is 11.8 Å². The second kappa shape index (κ2) is 5.86. The molecule has 1 amide bonds. The van der Waals surface area contributed by atoms with Crippen molar-refractivity contribution in [3.8, 4) is 0 Å². The minimum atomic E-state index is -0.558. The average molecular weight is 323 g/mol. The van der Waals surface area contributed by atoms with E-state index in [0.29, 0.717) is 25.3 Å². The number of ether oxygens (including phenoxy) is 2. The molecule has 0 aromatic carbocycles. The van der Waals surface area contributed by atoms with Crippen LogP contribution < -0.4 is 0 Å². The fraction of sp³-hybridized carbons (Fsp3) is 0.688. The zero-order chi connectivity index (χ0) is 17.4. The Balaban J connectivity index is 2.27. The van der Waals surface area contributed by atoms with Crippen molar-refractivity contribution in [2.45, 2.75) is 65.6 Å². The molecule has 1 aliphatic rings. The second-order valence-electron chi connectivity index (χ2n) is 7.31. The van der Waals surface area contributed by atoms with Gasteiger partial charge in [-0.05, 0) is 48.0 Å². The van der Waals surface area contributed by atoms with E-state index in [4.69, 9.17) is 9.47 Å². The maximum absolute atomic E-state index is 12.5. The van der Waals surface area contributed by atoms with Crippen LogP contribution in [0.5, 0.6) is 0 Å². The monoisotopic (exact) mass is 323 g/mol. The van der Waals surface area contributed by atoms with Crippen LogP contribution in [0.3, 0.4) is 0 Å². The summed E-state index contributed by atoms with van der Waals surface area (Å²) in [5, 5.41) is 6.92. The van der Waals surface area contributed by atoms with Gasteiger partial charge < -0.3 is 9.47 Å². The molecular formula is C16H25N3O4. The summed E-state index contributed by atoms with van der Waals surface area (Å²) < 4.78 is 10.5. The summed E-state index contributed by atoms with van der Waals surface area (Å²) in [6.07, 6.45) is 0.132. The van der Waals surface area contributed by atoms with Gasteiger partial charge in [0.05, 0.1) is 18.8 Å². The Morgan fingerprint density at radius 3 is 2.57 bits per heavy atom. The first kappa shape index (κ1) is 17.3. The number of amides is 1. The molecule has 0 saturated carbocycles. The van der Waals surface area contributed by atoms with Gasteiger partial charge in [0.2, 0.25) is 0 Å². The van der Waals surface area contributed by atoms with E-state index >= 15 is 0 Å². The van der Waals surface area contributed by atoms with Gasteiger partial charge in [-0.1, -0.05) is 0 Å². The van der Waals surface area contributed by atoms with Crippen molar-refractivity contribution in [2.75, 3.05) is 6.61 Å². The minimum absolute atomic E-state index is 0.299. The first-order valence-corrected chi connectivity index (χ1v) is 7.79. The lowest BCUT2D eigenvalue weighted by Gasteiger charge is -2.42. The topological polar surface area (TPSA) is 84.5 Å². The van der Waals surface area contributed by atoms with Crippen molar-refractivity contribution in [3.63, 3.8) is 0 Å². The molecule has 0 bridgehead atoms. The largest absolute Gasteiger partial charge is 0.461 e. The van der Waals surface area contributed by atoms with E-state index in [1.165, 1.54) is 0 Å². The Morgan fingerprint density at radius 2 is 2.00 bits per heavy atom. The number of carbonyl (C=O) groups is 2. The van der Waals surface area contributed by atoms with Crippen LogP contribution in [-0.2, 0) is 22.4 Å². The molecule has 23 heavy (non-hydrogen) atoms. The molecule has 7 heteroatoms. The van der Waals surface area contributed by atoms with Gasteiger partial charge in [0.15, 0.2) is 5.69 Å². The number of esters is 1. The second-order valence-corrected chi connectivity index (χ2v) is 7.31. The van der Waals surface area contributed by atoms with Crippen LogP contribution >= 0.6 is 0 Å². The number of hydrogen-bond acceptors (Lipinski definition) is 5. The van der Waals surface area contributed by atoms with Crippen LogP contribution in [0.2, 0.25) is 0 Å². The van der Waals surface area contributed by atoms with Crippen molar-refractivity contribution >= 4 is 12.1 Å². The lowest BCUT2D eigenvalue weighted by atomic mass is 9.87. The van der Waals surface area contributed by atoms with Gasteiger partial charge in [-0.25, -0.2) is 9.59 Å². The summed E-state index contributed by atoms with van der Waals surface area (Å²) >= 11 is 0. The number of hydrogen-bond donors (Lipinski definition) is 1. The highest BCUT2D eigenvalue weighted by Gasteiger charge is 2.41. The number of H-pyrrole nitrogens is 1. The van der Waals surface area contributed by atoms with E-state index in [0.717, 1.165) is 11.3 Å². The fourth-order valence-electron chi connectivity index (χ4n) is 2.62. The molecule has 1 aromatic heterocycles. The molecule has 128 valence electrons. The lowest BCUT2D eigenvalue weighted by Crippen LogP contribution is -2.53. The molecule has 0 spiro atoms. The molecular weight excluding hydrogens is 298 g/mol. The van der Waals surface area contributed by atoms with Crippen LogP contribution in [0, 0.1) is 0 Å². The zero-order valence-electron chi connectivity index (χ0n) is 14.6. The van der Waals surface area contributed by atoms with E-state index in [2.05, 4.69) is 10.2 Å². The number of aromatic nitrogens is 2. The number of carbonyl (C=O) groups excluding carboxylic acids is 2. The normalized spacial score (nSPS) is 16.7. The van der Waals surface area contributed by atoms with E-state index < -0.39 is 17.1 Å². The van der Waals surface area contributed by atoms with Crippen molar-refractivity contribution in [1.29, 1.82) is 0 Å². The molecule has 1 N–H and O–H groups in total. The third-order valence-electron chi connectivity index (χ3n) is 3.69. The van der Waals surface area contributed by atoms with Crippen LogP contribution in [0.4, 0.5) is 4.79 Å². The molecule has 0 aliphatic carbocycles. The summed E-state index contributed by atoms with van der Waals surface area (Å²) in [6.45, 7) is 11.8. The van der Waals surface area contributed by atoms with E-state index in [1.807, 2.05) is 34.6 Å². The summed E-state index contributed by atoms with van der Waals surface area (Å²) in [5.74, 6) is -0.438. The highest BCUT2D eigenvalue weighted by atomic mass is 16.6. The SMILES string of the molecule is CCOC(=O)c1n[nH]c2c1CC(C)(C)N(C(=O)OC(C)(C)C)C2. The van der Waals surface area contributed by atoms with Gasteiger partial charge in [0.25, 0.3) is 0 Å². The summed E-state index contributed by atoms with van der Waals surface area (Å²) in [4.78, 5) is 26.1. The first-order valence-electron chi connectivity index (χ1n) is 7.79. The lowest BCUT2D eigenvalue weighted by molar-refractivity contribution is -0.00296. The molecule has 0 fully saturated rings. The minimum Gasteiger partial charge on any atom is -0.461 e. The maximum atomic E-state index is 12.5. The zero-order valence-corrected chi connectivity index (χ0v) is 14.6. The predicted octanol–water partition coefficient (Wildman–Crippen LogP) is 2.66. The van der Waals surface area contributed by atoms with E-state index in [-0.39, 0.29) is 6.09 Å². The molecule has 7 nitrogen and oxygen atoms in total. The summed E-state index contributed by atoms with van der Waals surface area (Å²) in [6, 6.07) is 0. The first-order chi connectivity index (χ1) is 10.5. The molecule has 0 saturated heterocycles. The number of rotatable bonds is 2. The van der Waals surface area contributed by atoms with Gasteiger partial charge in [0.1, 0.15) is 5.60 Å². The number of nitrogens with one attached hydrogen (secondary N) is 1. The van der Waals surface area contributed by atoms with Gasteiger partial charge in [-0.2, -0.15) is 5.10 Å². The molecule has 2 rings (SSSR count). The average Bonchev–Trinajstić information content (AvgIpc) is 2.77. The number of aromatic amines is 1. The Bertz CT molecular complexity index is 613. The third kappa shape index (κ3) is 3.65. The molecule has 1 aliphatic heterocycles. The van der Waals surface area contributed by atoms with Gasteiger partial charge in [-0.3, -0.25) is 10.00 Å². The predicted molar refractivity (Wildman–Crippen MR) is 84.1 cm³/mol. The Labute approximate surface area is 136 Å². The van der Waals surface area contributed by atoms with Gasteiger partial charge in [-0.15, -0.1) is 0 Å².